The van der Waals surface area contributed by atoms with Gasteiger partial charge < -0.3 is 10.1 Å². The van der Waals surface area contributed by atoms with E-state index in [1.807, 2.05) is 4.90 Å². The van der Waals surface area contributed by atoms with Gasteiger partial charge in [-0.2, -0.15) is 4.31 Å². The molecule has 2 aromatic carbocycles. The molecule has 1 atom stereocenters. The van der Waals surface area contributed by atoms with Crippen LogP contribution in [-0.2, 0) is 19.6 Å². The zero-order valence-electron chi connectivity index (χ0n) is 21.2. The summed E-state index contributed by atoms with van der Waals surface area (Å²) in [5.74, 6) is -1.11. The number of hydrogen-bond donors (Lipinski definition) is 1. The van der Waals surface area contributed by atoms with Crippen LogP contribution in [0.4, 0.5) is 9.18 Å². The summed E-state index contributed by atoms with van der Waals surface area (Å²) in [7, 11) is -3.63. The van der Waals surface area contributed by atoms with E-state index in [0.29, 0.717) is 24.4 Å². The predicted octanol–water partition coefficient (Wildman–Crippen LogP) is 2.90. The van der Waals surface area contributed by atoms with Crippen molar-refractivity contribution >= 4 is 22.0 Å². The molecule has 1 unspecified atom stereocenters. The molecule has 2 aliphatic heterocycles. The summed E-state index contributed by atoms with van der Waals surface area (Å²) in [5.41, 5.74) is 1.04. The Morgan fingerprint density at radius 3 is 2.47 bits per heavy atom. The van der Waals surface area contributed by atoms with Crippen molar-refractivity contribution in [2.45, 2.75) is 17.9 Å². The fourth-order valence-corrected chi connectivity index (χ4v) is 6.11. The molecule has 0 radical (unpaired) electrons. The molecule has 38 heavy (non-hydrogen) atoms. The number of hydrogen-bond acceptors (Lipinski definition) is 6. The smallest absolute Gasteiger partial charge is 0.338 e. The van der Waals surface area contributed by atoms with Crippen molar-refractivity contribution in [3.63, 3.8) is 0 Å². The van der Waals surface area contributed by atoms with E-state index in [1.165, 1.54) is 27.4 Å². The van der Waals surface area contributed by atoms with Gasteiger partial charge >= 0.3 is 12.0 Å². The van der Waals surface area contributed by atoms with Gasteiger partial charge in [-0.1, -0.05) is 36.4 Å². The van der Waals surface area contributed by atoms with Crippen molar-refractivity contribution in [3.05, 3.63) is 89.9 Å². The zero-order valence-corrected chi connectivity index (χ0v) is 22.0. The molecule has 9 nitrogen and oxygen atoms in total. The first-order chi connectivity index (χ1) is 18.3. The minimum Gasteiger partial charge on any atom is -0.463 e. The Morgan fingerprint density at radius 1 is 1.13 bits per heavy atom. The number of esters is 1. The number of halogens is 1. The van der Waals surface area contributed by atoms with Gasteiger partial charge in [-0.15, -0.1) is 6.58 Å². The second-order valence-electron chi connectivity index (χ2n) is 8.91. The minimum atomic E-state index is -3.63. The number of carbonyl (C=O) groups excluding carboxylic acids is 2. The van der Waals surface area contributed by atoms with Gasteiger partial charge in [0.05, 0.1) is 23.1 Å². The second-order valence-corrected chi connectivity index (χ2v) is 10.8. The third-order valence-corrected chi connectivity index (χ3v) is 8.43. The van der Waals surface area contributed by atoms with Gasteiger partial charge in [0.2, 0.25) is 10.0 Å². The lowest BCUT2D eigenvalue weighted by atomic mass is 9.94. The van der Waals surface area contributed by atoms with Gasteiger partial charge in [0.1, 0.15) is 5.82 Å². The summed E-state index contributed by atoms with van der Waals surface area (Å²) >= 11 is 0. The van der Waals surface area contributed by atoms with E-state index in [0.717, 1.165) is 0 Å². The van der Waals surface area contributed by atoms with Crippen molar-refractivity contribution in [1.82, 2.24) is 19.4 Å². The number of sulfonamides is 1. The second kappa shape index (κ2) is 11.9. The van der Waals surface area contributed by atoms with Gasteiger partial charge in [-0.05, 0) is 36.8 Å². The molecule has 2 heterocycles. The van der Waals surface area contributed by atoms with Crippen LogP contribution < -0.4 is 5.32 Å². The van der Waals surface area contributed by atoms with Crippen molar-refractivity contribution in [2.24, 2.45) is 0 Å². The number of carbonyl (C=O) groups is 2. The highest BCUT2D eigenvalue weighted by atomic mass is 32.2. The van der Waals surface area contributed by atoms with Gasteiger partial charge in [0.25, 0.3) is 0 Å². The molecule has 0 aliphatic carbocycles. The first kappa shape index (κ1) is 27.5. The van der Waals surface area contributed by atoms with Crippen molar-refractivity contribution in [3.8, 4) is 0 Å². The van der Waals surface area contributed by atoms with Crippen LogP contribution in [0.2, 0.25) is 0 Å². The first-order valence-electron chi connectivity index (χ1n) is 12.4. The summed E-state index contributed by atoms with van der Waals surface area (Å²) in [5, 5.41) is 2.80. The number of urea groups is 1. The zero-order chi connectivity index (χ0) is 27.3. The van der Waals surface area contributed by atoms with E-state index in [1.54, 1.807) is 49.4 Å². The molecular formula is C27H31FN4O5S. The average Bonchev–Trinajstić information content (AvgIpc) is 2.91. The average molecular weight is 543 g/mol. The Labute approximate surface area is 222 Å². The van der Waals surface area contributed by atoms with Crippen LogP contribution in [0.3, 0.4) is 0 Å². The molecule has 0 aromatic heterocycles. The topological polar surface area (TPSA) is 99.3 Å². The Balaban J connectivity index is 1.65. The van der Waals surface area contributed by atoms with Crippen LogP contribution in [0.15, 0.2) is 83.4 Å². The normalized spacial score (nSPS) is 19.3. The van der Waals surface area contributed by atoms with Gasteiger partial charge in [0.15, 0.2) is 0 Å². The highest BCUT2D eigenvalue weighted by Crippen LogP contribution is 2.32. The molecular weight excluding hydrogens is 511 g/mol. The monoisotopic (exact) mass is 542 g/mol. The van der Waals surface area contributed by atoms with Gasteiger partial charge in [0, 0.05) is 45.0 Å². The molecule has 2 amide bonds. The quantitative estimate of drug-likeness (QED) is 0.387. The summed E-state index contributed by atoms with van der Waals surface area (Å²) in [6.07, 6.45) is 1.55. The van der Waals surface area contributed by atoms with E-state index in [2.05, 4.69) is 11.9 Å². The first-order valence-corrected chi connectivity index (χ1v) is 13.8. The van der Waals surface area contributed by atoms with E-state index in [4.69, 9.17) is 4.74 Å². The van der Waals surface area contributed by atoms with Crippen molar-refractivity contribution < 1.29 is 27.1 Å². The molecule has 0 bridgehead atoms. The summed E-state index contributed by atoms with van der Waals surface area (Å²) in [6, 6.07) is 12.6. The lowest BCUT2D eigenvalue weighted by molar-refractivity contribution is -0.139. The number of nitrogens with zero attached hydrogens (tertiary/aromatic N) is 3. The minimum absolute atomic E-state index is 0.122. The van der Waals surface area contributed by atoms with Crippen molar-refractivity contribution in [1.29, 1.82) is 0 Å². The largest absolute Gasteiger partial charge is 0.463 e. The number of ether oxygens (including phenoxy) is 1. The van der Waals surface area contributed by atoms with Crippen LogP contribution in [0.5, 0.6) is 0 Å². The maximum Gasteiger partial charge on any atom is 0.338 e. The SMILES string of the molecule is C=CCN1C(=O)NC(c2cccc(F)c2)C(C(=O)OCC)=C1CN1CCN(S(=O)(=O)c2ccccc2)CC1. The lowest BCUT2D eigenvalue weighted by Gasteiger charge is -2.40. The third kappa shape index (κ3) is 5.79. The Bertz CT molecular complexity index is 1320. The molecule has 11 heteroatoms. The third-order valence-electron chi connectivity index (χ3n) is 6.51. The Morgan fingerprint density at radius 2 is 1.84 bits per heavy atom. The number of amides is 2. The molecule has 2 aromatic rings. The molecule has 0 spiro atoms. The van der Waals surface area contributed by atoms with Crippen LogP contribution in [-0.4, -0.2) is 80.4 Å². The molecule has 2 aliphatic rings. The number of benzene rings is 2. The summed E-state index contributed by atoms with van der Waals surface area (Å²) < 4.78 is 47.0. The maximum absolute atomic E-state index is 14.1. The molecule has 0 saturated carbocycles. The molecule has 4 rings (SSSR count). The predicted molar refractivity (Wildman–Crippen MR) is 140 cm³/mol. The van der Waals surface area contributed by atoms with E-state index in [-0.39, 0.29) is 43.3 Å². The standard InChI is InChI=1S/C27H31FN4O5S/c1-3-13-32-23(19-30-14-16-31(17-15-30)38(35,36)22-11-6-5-7-12-22)24(26(33)37-4-2)25(29-27(32)34)20-9-8-10-21(28)18-20/h3,5-12,18,25H,1,4,13-17,19H2,2H3,(H,29,34). The maximum atomic E-state index is 14.1. The van der Waals surface area contributed by atoms with E-state index in [9.17, 15) is 22.4 Å². The molecule has 1 saturated heterocycles. The molecule has 202 valence electrons. The lowest BCUT2D eigenvalue weighted by Crippen LogP contribution is -2.53. The van der Waals surface area contributed by atoms with E-state index >= 15 is 0 Å². The van der Waals surface area contributed by atoms with Crippen LogP contribution in [0.1, 0.15) is 18.5 Å². The van der Waals surface area contributed by atoms with Gasteiger partial charge in [-0.25, -0.2) is 22.4 Å². The molecule has 1 N–H and O–H groups in total. The highest BCUT2D eigenvalue weighted by molar-refractivity contribution is 7.89. The van der Waals surface area contributed by atoms with Crippen LogP contribution in [0, 0.1) is 5.82 Å². The molecule has 1 fully saturated rings. The number of piperazine rings is 1. The fourth-order valence-electron chi connectivity index (χ4n) is 4.66. The van der Waals surface area contributed by atoms with Crippen LogP contribution >= 0.6 is 0 Å². The van der Waals surface area contributed by atoms with Crippen molar-refractivity contribution in [2.75, 3.05) is 45.9 Å². The van der Waals surface area contributed by atoms with E-state index < -0.39 is 33.9 Å². The fraction of sp³-hybridized carbons (Fsp3) is 0.333. The highest BCUT2D eigenvalue weighted by Gasteiger charge is 2.39. The summed E-state index contributed by atoms with van der Waals surface area (Å²) in [6.45, 7) is 7.16. The Kier molecular flexibility index (Phi) is 8.60. The number of nitrogens with one attached hydrogen (secondary N) is 1. The van der Waals surface area contributed by atoms with Gasteiger partial charge in [-0.3, -0.25) is 9.80 Å². The summed E-state index contributed by atoms with van der Waals surface area (Å²) in [4.78, 5) is 30.0. The number of rotatable bonds is 9. The van der Waals surface area contributed by atoms with Crippen LogP contribution in [0.25, 0.3) is 0 Å². The Hall–Kier alpha value is -3.54.